The van der Waals surface area contributed by atoms with E-state index in [1.165, 1.54) is 0 Å². The van der Waals surface area contributed by atoms with Gasteiger partial charge in [0.1, 0.15) is 5.60 Å². The van der Waals surface area contributed by atoms with Gasteiger partial charge in [-0.15, -0.1) is 0 Å². The van der Waals surface area contributed by atoms with Crippen molar-refractivity contribution in [2.24, 2.45) is 0 Å². The van der Waals surface area contributed by atoms with Gasteiger partial charge in [-0.05, 0) is 27.2 Å². The Morgan fingerprint density at radius 1 is 1.38 bits per heavy atom. The molecule has 0 aliphatic carbocycles. The van der Waals surface area contributed by atoms with Crippen LogP contribution in [-0.2, 0) is 4.74 Å². The van der Waals surface area contributed by atoms with Crippen molar-refractivity contribution in [1.82, 2.24) is 5.32 Å². The van der Waals surface area contributed by atoms with E-state index in [1.807, 2.05) is 20.8 Å². The lowest BCUT2D eigenvalue weighted by Gasteiger charge is -2.19. The van der Waals surface area contributed by atoms with E-state index >= 15 is 0 Å². The summed E-state index contributed by atoms with van der Waals surface area (Å²) < 4.78 is 5.03. The Labute approximate surface area is 80.0 Å². The highest BCUT2D eigenvalue weighted by atomic mass is 16.6. The van der Waals surface area contributed by atoms with Gasteiger partial charge in [-0.3, -0.25) is 0 Å². The molecule has 0 rings (SSSR count). The first-order valence-corrected chi connectivity index (χ1v) is 4.42. The van der Waals surface area contributed by atoms with Crippen LogP contribution in [-0.4, -0.2) is 23.7 Å². The normalized spacial score (nSPS) is 10.2. The Hall–Kier alpha value is -0.770. The molecule has 0 aromatic rings. The molecular weight excluding hydrogens is 170 g/mol. The Balaban J connectivity index is 0. The van der Waals surface area contributed by atoms with E-state index < -0.39 is 5.60 Å². The molecule has 0 spiro atoms. The maximum absolute atomic E-state index is 11.0. The molecule has 80 valence electrons. The zero-order chi connectivity index (χ0) is 9.61. The van der Waals surface area contributed by atoms with Crippen molar-refractivity contribution in [2.45, 2.75) is 46.1 Å². The minimum Gasteiger partial charge on any atom is -0.444 e. The van der Waals surface area contributed by atoms with Gasteiger partial charge in [-0.1, -0.05) is 13.3 Å². The topological polar surface area (TPSA) is 69.8 Å². The first-order valence-electron chi connectivity index (χ1n) is 4.42. The molecule has 0 aliphatic heterocycles. The van der Waals surface area contributed by atoms with E-state index in [-0.39, 0.29) is 11.6 Å². The number of amides is 1. The van der Waals surface area contributed by atoms with Gasteiger partial charge in [0, 0.05) is 6.54 Å². The Kier molecular flexibility index (Phi) is 7.61. The lowest BCUT2D eigenvalue weighted by atomic mass is 10.2. The smallest absolute Gasteiger partial charge is 0.407 e. The average molecular weight is 191 g/mol. The SMILES string of the molecule is CCCCNC(=O)OC(C)(C)C.O. The average Bonchev–Trinajstić information content (AvgIpc) is 1.84. The predicted octanol–water partition coefficient (Wildman–Crippen LogP) is 1.49. The van der Waals surface area contributed by atoms with Crippen LogP contribution in [0.4, 0.5) is 4.79 Å². The summed E-state index contributed by atoms with van der Waals surface area (Å²) in [7, 11) is 0. The van der Waals surface area contributed by atoms with Crippen LogP contribution in [0.2, 0.25) is 0 Å². The Bertz CT molecular complexity index is 140. The number of hydrogen-bond acceptors (Lipinski definition) is 2. The van der Waals surface area contributed by atoms with Crippen LogP contribution in [0.15, 0.2) is 0 Å². The summed E-state index contributed by atoms with van der Waals surface area (Å²) in [4.78, 5) is 11.0. The van der Waals surface area contributed by atoms with Crippen LogP contribution in [0, 0.1) is 0 Å². The minimum atomic E-state index is -0.393. The van der Waals surface area contributed by atoms with Gasteiger partial charge < -0.3 is 15.5 Å². The molecule has 0 heterocycles. The molecule has 0 unspecified atom stereocenters. The van der Waals surface area contributed by atoms with Crippen molar-refractivity contribution < 1.29 is 15.0 Å². The number of ether oxygens (including phenoxy) is 1. The maximum atomic E-state index is 11.0. The number of alkyl carbamates (subject to hydrolysis) is 1. The van der Waals surface area contributed by atoms with Gasteiger partial charge in [0.15, 0.2) is 0 Å². The van der Waals surface area contributed by atoms with Crippen molar-refractivity contribution in [3.05, 3.63) is 0 Å². The van der Waals surface area contributed by atoms with Crippen molar-refractivity contribution >= 4 is 6.09 Å². The number of nitrogens with one attached hydrogen (secondary N) is 1. The summed E-state index contributed by atoms with van der Waals surface area (Å²) in [6.07, 6.45) is 1.76. The van der Waals surface area contributed by atoms with E-state index in [2.05, 4.69) is 12.2 Å². The zero-order valence-electron chi connectivity index (χ0n) is 8.94. The van der Waals surface area contributed by atoms with E-state index in [4.69, 9.17) is 4.74 Å². The molecule has 0 fully saturated rings. The lowest BCUT2D eigenvalue weighted by Crippen LogP contribution is -2.32. The van der Waals surface area contributed by atoms with Crippen LogP contribution in [0.3, 0.4) is 0 Å². The third kappa shape index (κ3) is 11.2. The second-order valence-corrected chi connectivity index (χ2v) is 3.78. The molecule has 0 aliphatic rings. The Morgan fingerprint density at radius 2 is 1.92 bits per heavy atom. The third-order valence-corrected chi connectivity index (χ3v) is 1.20. The maximum Gasteiger partial charge on any atom is 0.407 e. The summed E-state index contributed by atoms with van der Waals surface area (Å²) in [5.74, 6) is 0. The molecule has 0 aromatic carbocycles. The first kappa shape index (κ1) is 14.7. The predicted molar refractivity (Wildman–Crippen MR) is 52.8 cm³/mol. The second-order valence-electron chi connectivity index (χ2n) is 3.78. The standard InChI is InChI=1S/C9H19NO2.H2O/c1-5-6-7-10-8(11)12-9(2,3)4;/h5-7H2,1-4H3,(H,10,11);1H2. The van der Waals surface area contributed by atoms with Gasteiger partial charge >= 0.3 is 6.09 Å². The van der Waals surface area contributed by atoms with Gasteiger partial charge in [-0.2, -0.15) is 0 Å². The molecule has 13 heavy (non-hydrogen) atoms. The van der Waals surface area contributed by atoms with Crippen LogP contribution in [0.5, 0.6) is 0 Å². The highest BCUT2D eigenvalue weighted by Crippen LogP contribution is 2.06. The van der Waals surface area contributed by atoms with Gasteiger partial charge in [-0.25, -0.2) is 4.79 Å². The quantitative estimate of drug-likeness (QED) is 0.686. The summed E-state index contributed by atoms with van der Waals surface area (Å²) in [5.41, 5.74) is -0.393. The number of carbonyl (C=O) groups excluding carboxylic acids is 1. The molecule has 0 bridgehead atoms. The fraction of sp³-hybridized carbons (Fsp3) is 0.889. The fourth-order valence-electron chi connectivity index (χ4n) is 0.681. The van der Waals surface area contributed by atoms with Crippen molar-refractivity contribution in [3.63, 3.8) is 0 Å². The number of unbranched alkanes of at least 4 members (excludes halogenated alkanes) is 1. The molecule has 0 saturated carbocycles. The van der Waals surface area contributed by atoms with E-state index in [0.29, 0.717) is 6.54 Å². The summed E-state index contributed by atoms with van der Waals surface area (Å²) in [6, 6.07) is 0. The summed E-state index contributed by atoms with van der Waals surface area (Å²) >= 11 is 0. The van der Waals surface area contributed by atoms with Gasteiger partial charge in [0.2, 0.25) is 0 Å². The van der Waals surface area contributed by atoms with Crippen molar-refractivity contribution in [2.75, 3.05) is 6.54 Å². The Morgan fingerprint density at radius 3 is 2.31 bits per heavy atom. The summed E-state index contributed by atoms with van der Waals surface area (Å²) in [5, 5.41) is 2.68. The fourth-order valence-corrected chi connectivity index (χ4v) is 0.681. The van der Waals surface area contributed by atoms with Gasteiger partial charge in [0.05, 0.1) is 0 Å². The zero-order valence-corrected chi connectivity index (χ0v) is 8.94. The molecule has 1 amide bonds. The molecular formula is C9H21NO3. The number of hydrogen-bond donors (Lipinski definition) is 1. The monoisotopic (exact) mass is 191 g/mol. The van der Waals surface area contributed by atoms with Crippen LogP contribution in [0.1, 0.15) is 40.5 Å². The molecule has 0 radical (unpaired) electrons. The highest BCUT2D eigenvalue weighted by Gasteiger charge is 2.14. The molecule has 4 heteroatoms. The molecule has 0 saturated heterocycles. The first-order chi connectivity index (χ1) is 5.45. The highest BCUT2D eigenvalue weighted by molar-refractivity contribution is 5.67. The van der Waals surface area contributed by atoms with Crippen molar-refractivity contribution in [3.8, 4) is 0 Å². The molecule has 0 aromatic heterocycles. The summed E-state index contributed by atoms with van der Waals surface area (Å²) in [6.45, 7) is 8.34. The molecule has 3 N–H and O–H groups in total. The second kappa shape index (κ2) is 6.71. The van der Waals surface area contributed by atoms with E-state index in [1.54, 1.807) is 0 Å². The molecule has 4 nitrogen and oxygen atoms in total. The van der Waals surface area contributed by atoms with Crippen LogP contribution in [0.25, 0.3) is 0 Å². The minimum absolute atomic E-state index is 0. The van der Waals surface area contributed by atoms with E-state index in [0.717, 1.165) is 12.8 Å². The number of rotatable bonds is 3. The van der Waals surface area contributed by atoms with E-state index in [9.17, 15) is 4.79 Å². The third-order valence-electron chi connectivity index (χ3n) is 1.20. The number of carbonyl (C=O) groups is 1. The van der Waals surface area contributed by atoms with Crippen LogP contribution >= 0.6 is 0 Å². The lowest BCUT2D eigenvalue weighted by molar-refractivity contribution is 0.0527. The van der Waals surface area contributed by atoms with Crippen LogP contribution < -0.4 is 5.32 Å². The largest absolute Gasteiger partial charge is 0.444 e. The molecule has 0 atom stereocenters. The van der Waals surface area contributed by atoms with Crippen molar-refractivity contribution in [1.29, 1.82) is 0 Å². The van der Waals surface area contributed by atoms with Gasteiger partial charge in [0.25, 0.3) is 0 Å².